The molecule has 0 saturated heterocycles. The molecule has 0 saturated carbocycles. The third-order valence-corrected chi connectivity index (χ3v) is 4.80. The van der Waals surface area contributed by atoms with Crippen LogP contribution in [0.3, 0.4) is 0 Å². The average Bonchev–Trinajstić information content (AvgIpc) is 2.66. The van der Waals surface area contributed by atoms with Crippen LogP contribution in [0.2, 0.25) is 0 Å². The second-order valence-electron chi connectivity index (χ2n) is 7.03. The Balaban J connectivity index is 2.11. The van der Waals surface area contributed by atoms with Crippen molar-refractivity contribution in [2.75, 3.05) is 11.9 Å². The van der Waals surface area contributed by atoms with Gasteiger partial charge >= 0.3 is 11.8 Å². The molecule has 0 bridgehead atoms. The fourth-order valence-corrected chi connectivity index (χ4v) is 3.32. The predicted octanol–water partition coefficient (Wildman–Crippen LogP) is 5.40. The summed E-state index contributed by atoms with van der Waals surface area (Å²) in [5.74, 6) is 0.831. The first-order valence-corrected chi connectivity index (χ1v) is 9.60. The average molecular weight is 433 g/mol. The van der Waals surface area contributed by atoms with Crippen LogP contribution in [0.15, 0.2) is 40.1 Å². The van der Waals surface area contributed by atoms with Crippen LogP contribution in [-0.2, 0) is 10.9 Å². The van der Waals surface area contributed by atoms with E-state index in [1.54, 1.807) is 33.8 Å². The maximum absolute atomic E-state index is 13.1. The van der Waals surface area contributed by atoms with Crippen molar-refractivity contribution in [3.8, 4) is 0 Å². The lowest BCUT2D eigenvalue weighted by atomic mass is 10.0. The Kier molecular flexibility index (Phi) is 6.06. The molecule has 164 valence electrons. The van der Waals surface area contributed by atoms with Gasteiger partial charge in [0.1, 0.15) is 23.0 Å². The van der Waals surface area contributed by atoms with Gasteiger partial charge in [-0.25, -0.2) is 9.78 Å². The predicted molar refractivity (Wildman–Crippen MR) is 112 cm³/mol. The minimum absolute atomic E-state index is 0.0711. The molecule has 0 fully saturated rings. The van der Waals surface area contributed by atoms with E-state index in [9.17, 15) is 18.0 Å². The summed E-state index contributed by atoms with van der Waals surface area (Å²) in [5, 5.41) is 3.56. The first-order chi connectivity index (χ1) is 14.5. The highest BCUT2D eigenvalue weighted by Gasteiger charge is 2.31. The van der Waals surface area contributed by atoms with E-state index in [0.717, 1.165) is 12.1 Å². The molecule has 0 aliphatic carbocycles. The summed E-state index contributed by atoms with van der Waals surface area (Å²) in [6.45, 7) is 10.9. The van der Waals surface area contributed by atoms with Crippen molar-refractivity contribution in [1.29, 1.82) is 0 Å². The summed E-state index contributed by atoms with van der Waals surface area (Å²) >= 11 is 0. The zero-order valence-corrected chi connectivity index (χ0v) is 17.6. The zero-order chi connectivity index (χ0) is 22.9. The van der Waals surface area contributed by atoms with Gasteiger partial charge in [0.05, 0.1) is 17.6 Å². The van der Waals surface area contributed by atoms with Crippen molar-refractivity contribution >= 4 is 22.7 Å². The molecule has 6 nitrogen and oxygen atoms in total. The number of alkyl halides is 3. The maximum Gasteiger partial charge on any atom is 0.416 e. The van der Waals surface area contributed by atoms with Crippen LogP contribution < -0.4 is 10.9 Å². The minimum atomic E-state index is -4.44. The first kappa shape index (κ1) is 22.3. The van der Waals surface area contributed by atoms with Crippen molar-refractivity contribution in [2.24, 2.45) is 0 Å². The molecule has 2 aromatic heterocycles. The number of nitrogens with one attached hydrogen (secondary N) is 1. The van der Waals surface area contributed by atoms with Crippen LogP contribution >= 0.6 is 0 Å². The molecular weight excluding hydrogens is 411 g/mol. The van der Waals surface area contributed by atoms with Crippen LogP contribution in [0.4, 0.5) is 19.0 Å². The monoisotopic (exact) mass is 433 g/mol. The summed E-state index contributed by atoms with van der Waals surface area (Å²) in [6.07, 6.45) is -4.44. The molecule has 0 amide bonds. The van der Waals surface area contributed by atoms with Gasteiger partial charge in [0, 0.05) is 6.04 Å². The Morgan fingerprint density at radius 1 is 1.29 bits per heavy atom. The normalized spacial score (nSPS) is 12.6. The number of halogens is 3. The highest BCUT2D eigenvalue weighted by atomic mass is 19.4. The fourth-order valence-electron chi connectivity index (χ4n) is 3.32. The van der Waals surface area contributed by atoms with Crippen molar-refractivity contribution in [3.63, 3.8) is 0 Å². The van der Waals surface area contributed by atoms with Crippen LogP contribution in [0.25, 0.3) is 16.9 Å². The number of nitrogens with zero attached hydrogens (tertiary/aromatic N) is 2. The van der Waals surface area contributed by atoms with Gasteiger partial charge in [-0.2, -0.15) is 18.2 Å². The van der Waals surface area contributed by atoms with Crippen LogP contribution in [0.1, 0.15) is 48.0 Å². The molecule has 3 rings (SSSR count). The van der Waals surface area contributed by atoms with E-state index in [0.29, 0.717) is 34.8 Å². The topological polar surface area (TPSA) is 77.2 Å². The largest absolute Gasteiger partial charge is 0.494 e. The Morgan fingerprint density at radius 2 is 2.00 bits per heavy atom. The number of hydrogen-bond acceptors (Lipinski definition) is 6. The maximum atomic E-state index is 13.1. The van der Waals surface area contributed by atoms with Gasteiger partial charge < -0.3 is 14.5 Å². The van der Waals surface area contributed by atoms with E-state index in [4.69, 9.17) is 9.15 Å². The molecule has 31 heavy (non-hydrogen) atoms. The number of benzene rings is 1. The third-order valence-electron chi connectivity index (χ3n) is 4.80. The standard InChI is InChI=1S/C22H22F3N3O3/c1-6-30-13(4)17-11(2)18-19(27-14(5)28-20(18)31-21(17)29)26-12(3)15-8-7-9-16(10-15)22(23,24)25/h7-10,12H,4,6H2,1-3,5H3,(H,26,27,28)/t12-/m1/s1. The van der Waals surface area contributed by atoms with E-state index in [1.807, 2.05) is 0 Å². The molecule has 9 heteroatoms. The number of hydrogen-bond donors (Lipinski definition) is 1. The van der Waals surface area contributed by atoms with Gasteiger partial charge in [-0.1, -0.05) is 18.7 Å². The zero-order valence-electron chi connectivity index (χ0n) is 17.6. The second-order valence-corrected chi connectivity index (χ2v) is 7.03. The molecule has 1 N–H and O–H groups in total. The summed E-state index contributed by atoms with van der Waals surface area (Å²) in [4.78, 5) is 21.1. The number of fused-ring (bicyclic) bond motifs is 1. The van der Waals surface area contributed by atoms with Crippen LogP contribution in [0, 0.1) is 13.8 Å². The van der Waals surface area contributed by atoms with E-state index in [2.05, 4.69) is 21.9 Å². The van der Waals surface area contributed by atoms with Crippen molar-refractivity contribution in [1.82, 2.24) is 9.97 Å². The van der Waals surface area contributed by atoms with Crippen LogP contribution in [0.5, 0.6) is 0 Å². The Morgan fingerprint density at radius 3 is 2.65 bits per heavy atom. The lowest BCUT2D eigenvalue weighted by Crippen LogP contribution is -2.15. The third kappa shape index (κ3) is 4.55. The summed E-state index contributed by atoms with van der Waals surface area (Å²) in [7, 11) is 0. The molecule has 0 aliphatic rings. The van der Waals surface area contributed by atoms with E-state index in [1.165, 1.54) is 6.07 Å². The molecule has 0 radical (unpaired) electrons. The Bertz CT molecular complexity index is 1200. The minimum Gasteiger partial charge on any atom is -0.494 e. The Hall–Kier alpha value is -3.36. The van der Waals surface area contributed by atoms with E-state index < -0.39 is 23.4 Å². The van der Waals surface area contributed by atoms with E-state index >= 15 is 0 Å². The number of aryl methyl sites for hydroxylation is 2. The molecular formula is C22H22F3N3O3. The number of aromatic nitrogens is 2. The van der Waals surface area contributed by atoms with Gasteiger partial charge in [0.15, 0.2) is 0 Å². The molecule has 0 unspecified atom stereocenters. The summed E-state index contributed by atoms with van der Waals surface area (Å²) in [5.41, 5.74) is -0.215. The smallest absolute Gasteiger partial charge is 0.416 e. The lowest BCUT2D eigenvalue weighted by molar-refractivity contribution is -0.137. The highest BCUT2D eigenvalue weighted by molar-refractivity contribution is 5.91. The molecule has 1 atom stereocenters. The lowest BCUT2D eigenvalue weighted by Gasteiger charge is -2.19. The van der Waals surface area contributed by atoms with Crippen molar-refractivity contribution < 1.29 is 22.3 Å². The summed E-state index contributed by atoms with van der Waals surface area (Å²) in [6, 6.07) is 4.53. The van der Waals surface area contributed by atoms with Crippen molar-refractivity contribution in [2.45, 2.75) is 39.9 Å². The fraction of sp³-hybridized carbons (Fsp3) is 0.318. The van der Waals surface area contributed by atoms with E-state index in [-0.39, 0.29) is 17.0 Å². The molecule has 1 aromatic carbocycles. The SMILES string of the molecule is C=C(OCC)c1c(C)c2c(N[C@H](C)c3cccc(C(F)(F)F)c3)nc(C)nc2oc1=O. The number of rotatable bonds is 6. The molecule has 0 spiro atoms. The van der Waals surface area contributed by atoms with Gasteiger partial charge in [-0.3, -0.25) is 0 Å². The van der Waals surface area contributed by atoms with Gasteiger partial charge in [0.25, 0.3) is 0 Å². The molecule has 2 heterocycles. The van der Waals surface area contributed by atoms with Gasteiger partial charge in [-0.15, -0.1) is 0 Å². The van der Waals surface area contributed by atoms with Crippen LogP contribution in [-0.4, -0.2) is 16.6 Å². The number of ether oxygens (including phenoxy) is 1. The Labute approximate surface area is 176 Å². The van der Waals surface area contributed by atoms with Crippen molar-refractivity contribution in [3.05, 3.63) is 69.3 Å². The second kappa shape index (κ2) is 8.41. The highest BCUT2D eigenvalue weighted by Crippen LogP contribution is 2.33. The molecule has 0 aliphatic heterocycles. The number of anilines is 1. The van der Waals surface area contributed by atoms with Gasteiger partial charge in [-0.05, 0) is 51.0 Å². The first-order valence-electron chi connectivity index (χ1n) is 9.60. The molecule has 3 aromatic rings. The quantitative estimate of drug-likeness (QED) is 0.525. The summed E-state index contributed by atoms with van der Waals surface area (Å²) < 4.78 is 50.0. The van der Waals surface area contributed by atoms with Gasteiger partial charge in [0.2, 0.25) is 5.71 Å².